The van der Waals surface area contributed by atoms with Crippen molar-refractivity contribution in [2.75, 3.05) is 19.0 Å². The molecule has 9 heteroatoms. The van der Waals surface area contributed by atoms with Crippen LogP contribution in [0.5, 0.6) is 5.75 Å². The summed E-state index contributed by atoms with van der Waals surface area (Å²) in [6, 6.07) is 8.54. The van der Waals surface area contributed by atoms with E-state index in [1.54, 1.807) is 12.4 Å². The molecule has 2 atom stereocenters. The van der Waals surface area contributed by atoms with E-state index in [0.29, 0.717) is 61.2 Å². The quantitative estimate of drug-likeness (QED) is 0.241. The number of Topliss-reactive ketones (excluding diaryl/α,β-unsaturated/α-hetero) is 1. The van der Waals surface area contributed by atoms with E-state index in [-0.39, 0.29) is 29.6 Å². The van der Waals surface area contributed by atoms with Crippen LogP contribution in [-0.4, -0.2) is 42.2 Å². The number of carbonyl (C=O) groups excluding carboxylic acids is 1. The van der Waals surface area contributed by atoms with Gasteiger partial charge in [-0.3, -0.25) is 9.79 Å². The SMILES string of the molecule is CCc1cc(N/C2=N/C=C\CCC3C(c4ccc(OC)c(F)c4F)=CN=C23)ccc1C(=O)CCCCC(O)CN. The third kappa shape index (κ3) is 6.54. The summed E-state index contributed by atoms with van der Waals surface area (Å²) in [4.78, 5) is 22.1. The van der Waals surface area contributed by atoms with Crippen molar-refractivity contribution >= 4 is 28.6 Å². The van der Waals surface area contributed by atoms with Crippen molar-refractivity contribution in [2.24, 2.45) is 21.6 Å². The maximum absolute atomic E-state index is 15.0. The molecule has 2 unspecified atom stereocenters. The van der Waals surface area contributed by atoms with E-state index in [4.69, 9.17) is 10.5 Å². The highest BCUT2D eigenvalue weighted by molar-refractivity contribution is 6.48. The number of amidine groups is 1. The normalized spacial score (nSPS) is 19.4. The first-order valence-corrected chi connectivity index (χ1v) is 13.7. The number of hydrogen-bond acceptors (Lipinski definition) is 7. The molecule has 2 aromatic rings. The fourth-order valence-corrected chi connectivity index (χ4v) is 5.07. The van der Waals surface area contributed by atoms with Gasteiger partial charge < -0.3 is 20.9 Å². The number of nitrogens with one attached hydrogen (secondary N) is 1. The van der Waals surface area contributed by atoms with E-state index in [2.05, 4.69) is 15.3 Å². The van der Waals surface area contributed by atoms with E-state index in [0.717, 1.165) is 17.7 Å². The highest BCUT2D eigenvalue weighted by atomic mass is 19.2. The van der Waals surface area contributed by atoms with Crippen molar-refractivity contribution in [1.82, 2.24) is 0 Å². The van der Waals surface area contributed by atoms with Crippen LogP contribution in [0.2, 0.25) is 0 Å². The molecule has 0 saturated heterocycles. The number of aliphatic hydroxyl groups excluding tert-OH is 1. The molecular formula is C31H36F2N4O3. The minimum absolute atomic E-state index is 0.0692. The number of aryl methyl sites for hydroxylation is 1. The second-order valence-electron chi connectivity index (χ2n) is 9.94. The summed E-state index contributed by atoms with van der Waals surface area (Å²) in [5.41, 5.74) is 9.19. The van der Waals surface area contributed by atoms with Crippen LogP contribution in [0.3, 0.4) is 0 Å². The van der Waals surface area contributed by atoms with Gasteiger partial charge in [0, 0.05) is 48.1 Å². The molecule has 7 nitrogen and oxygen atoms in total. The summed E-state index contributed by atoms with van der Waals surface area (Å²) >= 11 is 0. The first kappa shape index (κ1) is 29.3. The summed E-state index contributed by atoms with van der Waals surface area (Å²) in [6.45, 7) is 2.23. The first-order chi connectivity index (χ1) is 19.4. The lowest BCUT2D eigenvalue weighted by molar-refractivity contribution is 0.0974. The van der Waals surface area contributed by atoms with Gasteiger partial charge in [-0.15, -0.1) is 0 Å². The van der Waals surface area contributed by atoms with Crippen LogP contribution in [0.1, 0.15) is 66.9 Å². The molecule has 40 heavy (non-hydrogen) atoms. The van der Waals surface area contributed by atoms with Crippen molar-refractivity contribution in [3.8, 4) is 5.75 Å². The molecule has 0 spiro atoms. The monoisotopic (exact) mass is 550 g/mol. The minimum atomic E-state index is -1.03. The van der Waals surface area contributed by atoms with Crippen LogP contribution in [-0.2, 0) is 6.42 Å². The second-order valence-corrected chi connectivity index (χ2v) is 9.94. The van der Waals surface area contributed by atoms with Gasteiger partial charge >= 0.3 is 0 Å². The number of nitrogens with zero attached hydrogens (tertiary/aromatic N) is 2. The lowest BCUT2D eigenvalue weighted by Gasteiger charge is -2.21. The van der Waals surface area contributed by atoms with Gasteiger partial charge in [-0.1, -0.05) is 19.4 Å². The maximum Gasteiger partial charge on any atom is 0.201 e. The van der Waals surface area contributed by atoms with Crippen LogP contribution < -0.4 is 15.8 Å². The number of aliphatic imine (C=N–C) groups is 2. The van der Waals surface area contributed by atoms with Crippen LogP contribution in [0, 0.1) is 17.6 Å². The number of aliphatic hydroxyl groups is 1. The third-order valence-corrected chi connectivity index (χ3v) is 7.31. The number of fused-ring (bicyclic) bond motifs is 1. The van der Waals surface area contributed by atoms with Crippen molar-refractivity contribution < 1.29 is 23.4 Å². The van der Waals surface area contributed by atoms with E-state index in [9.17, 15) is 18.7 Å². The lowest BCUT2D eigenvalue weighted by Crippen LogP contribution is -2.29. The predicted octanol–water partition coefficient (Wildman–Crippen LogP) is 5.83. The molecular weight excluding hydrogens is 514 g/mol. The first-order valence-electron chi connectivity index (χ1n) is 13.7. The summed E-state index contributed by atoms with van der Waals surface area (Å²) in [7, 11) is 1.30. The molecule has 0 bridgehead atoms. The van der Waals surface area contributed by atoms with Crippen molar-refractivity contribution in [3.63, 3.8) is 0 Å². The summed E-state index contributed by atoms with van der Waals surface area (Å²) < 4.78 is 34.4. The average molecular weight is 551 g/mol. The smallest absolute Gasteiger partial charge is 0.201 e. The van der Waals surface area contributed by atoms with Crippen LogP contribution in [0.4, 0.5) is 14.5 Å². The number of benzene rings is 2. The molecule has 2 heterocycles. The minimum Gasteiger partial charge on any atom is -0.494 e. The Hall–Kier alpha value is -3.69. The van der Waals surface area contributed by atoms with Crippen molar-refractivity contribution in [1.29, 1.82) is 0 Å². The Morgan fingerprint density at radius 3 is 2.77 bits per heavy atom. The number of anilines is 1. The zero-order valence-corrected chi connectivity index (χ0v) is 22.9. The maximum atomic E-state index is 15.0. The molecule has 2 aliphatic rings. The average Bonchev–Trinajstić information content (AvgIpc) is 3.36. The summed E-state index contributed by atoms with van der Waals surface area (Å²) in [5.74, 6) is -1.83. The number of methoxy groups -OCH3 is 1. The highest BCUT2D eigenvalue weighted by Gasteiger charge is 2.32. The van der Waals surface area contributed by atoms with E-state index < -0.39 is 17.7 Å². The molecule has 4 rings (SSSR count). The molecule has 212 valence electrons. The van der Waals surface area contributed by atoms with Gasteiger partial charge in [0.25, 0.3) is 0 Å². The van der Waals surface area contributed by atoms with Crippen LogP contribution in [0.25, 0.3) is 5.57 Å². The van der Waals surface area contributed by atoms with Crippen molar-refractivity contribution in [3.05, 3.63) is 77.1 Å². The number of hydrogen-bond donors (Lipinski definition) is 3. The van der Waals surface area contributed by atoms with Crippen molar-refractivity contribution in [2.45, 2.75) is 58.0 Å². The summed E-state index contributed by atoms with van der Waals surface area (Å²) in [5, 5.41) is 13.0. The number of rotatable bonds is 11. The molecule has 0 aromatic heterocycles. The van der Waals surface area contributed by atoms with Crippen LogP contribution in [0.15, 0.2) is 58.8 Å². The molecule has 2 aromatic carbocycles. The third-order valence-electron chi connectivity index (χ3n) is 7.31. The van der Waals surface area contributed by atoms with Gasteiger partial charge in [0.1, 0.15) is 0 Å². The standard InChI is InChI=1S/C31H36F2N4O3/c1-3-19-16-20(11-12-22(19)26(39)10-5-4-8-21(38)17-34)37-31-30-24(9-6-7-15-35-31)25(18-36-30)23-13-14-27(40-2)29(33)28(23)32/h7,11-16,18,21,24,38H,3-6,8-10,17,34H2,1-2H3,(H,35,37)/b15-7-. The Kier molecular flexibility index (Phi) is 9.95. The number of halogens is 2. The Bertz CT molecular complexity index is 1370. The number of allylic oxidation sites excluding steroid dienone is 2. The molecule has 0 amide bonds. The number of nitrogens with two attached hydrogens (primary N) is 1. The fourth-order valence-electron chi connectivity index (χ4n) is 5.07. The van der Waals surface area contributed by atoms with Gasteiger partial charge in [-0.2, -0.15) is 4.39 Å². The van der Waals surface area contributed by atoms with Gasteiger partial charge in [-0.05, 0) is 73.6 Å². The number of ether oxygens (including phenoxy) is 1. The number of ketones is 1. The topological polar surface area (TPSA) is 109 Å². The Morgan fingerprint density at radius 2 is 2.02 bits per heavy atom. The Balaban J connectivity index is 1.50. The summed E-state index contributed by atoms with van der Waals surface area (Å²) in [6.07, 6.45) is 9.18. The van der Waals surface area contributed by atoms with Crippen LogP contribution >= 0.6 is 0 Å². The molecule has 0 aliphatic carbocycles. The zero-order valence-electron chi connectivity index (χ0n) is 22.9. The van der Waals surface area contributed by atoms with E-state index in [1.165, 1.54) is 19.2 Å². The Morgan fingerprint density at radius 1 is 1.20 bits per heavy atom. The van der Waals surface area contributed by atoms with E-state index >= 15 is 0 Å². The largest absolute Gasteiger partial charge is 0.494 e. The number of carbonyl (C=O) groups is 1. The fraction of sp³-hybridized carbons (Fsp3) is 0.387. The molecule has 0 radical (unpaired) electrons. The van der Waals surface area contributed by atoms with Gasteiger partial charge in [-0.25, -0.2) is 9.38 Å². The predicted molar refractivity (Wildman–Crippen MR) is 155 cm³/mol. The number of unbranched alkanes of at least 4 members (excludes halogenated alkanes) is 1. The van der Waals surface area contributed by atoms with E-state index in [1.807, 2.05) is 31.2 Å². The van der Waals surface area contributed by atoms with Gasteiger partial charge in [0.05, 0.1) is 18.9 Å². The highest BCUT2D eigenvalue weighted by Crippen LogP contribution is 2.37. The molecule has 2 aliphatic heterocycles. The molecule has 4 N–H and O–H groups in total. The zero-order chi connectivity index (χ0) is 28.6. The lowest BCUT2D eigenvalue weighted by atomic mass is 9.86. The van der Waals surface area contributed by atoms with Gasteiger partial charge in [0.2, 0.25) is 5.82 Å². The molecule has 0 saturated carbocycles. The Labute approximate surface area is 233 Å². The van der Waals surface area contributed by atoms with Gasteiger partial charge in [0.15, 0.2) is 23.2 Å². The second kappa shape index (κ2) is 13.6. The molecule has 0 fully saturated rings.